The lowest BCUT2D eigenvalue weighted by atomic mass is 9.70. The van der Waals surface area contributed by atoms with Crippen LogP contribution in [0.5, 0.6) is 0 Å². The monoisotopic (exact) mass is 516 g/mol. The Labute approximate surface area is 223 Å². The summed E-state index contributed by atoms with van der Waals surface area (Å²) in [5.74, 6) is -0.343. The Morgan fingerprint density at radius 3 is 2.03 bits per heavy atom. The molecule has 3 aromatic carbocycles. The molecule has 0 spiro atoms. The lowest BCUT2D eigenvalue weighted by Gasteiger charge is -2.41. The van der Waals surface area contributed by atoms with Crippen LogP contribution in [0.4, 0.5) is 8.78 Å². The van der Waals surface area contributed by atoms with Gasteiger partial charge in [0.15, 0.2) is 0 Å². The number of hydrogen-bond donors (Lipinski definition) is 0. The molecule has 0 unspecified atom stereocenters. The van der Waals surface area contributed by atoms with Crippen LogP contribution in [0.1, 0.15) is 42.9 Å². The van der Waals surface area contributed by atoms with Gasteiger partial charge < -0.3 is 9.80 Å². The molecule has 5 rings (SSSR count). The van der Waals surface area contributed by atoms with Crippen molar-refractivity contribution in [3.05, 3.63) is 107 Å². The fourth-order valence-electron chi connectivity index (χ4n) is 6.34. The minimum Gasteiger partial charge on any atom is -0.341 e. The van der Waals surface area contributed by atoms with E-state index in [-0.39, 0.29) is 29.2 Å². The van der Waals surface area contributed by atoms with Gasteiger partial charge in [0.1, 0.15) is 17.4 Å². The molecule has 38 heavy (non-hydrogen) atoms. The quantitative estimate of drug-likeness (QED) is 0.397. The topological polar surface area (TPSA) is 40.6 Å². The predicted molar refractivity (Wildman–Crippen MR) is 144 cm³/mol. The van der Waals surface area contributed by atoms with E-state index < -0.39 is 10.8 Å². The summed E-state index contributed by atoms with van der Waals surface area (Å²) >= 11 is 0. The molecule has 4 nitrogen and oxygen atoms in total. The largest absolute Gasteiger partial charge is 0.341 e. The molecule has 3 aromatic rings. The molecule has 2 aliphatic rings. The molecule has 1 heterocycles. The third-order valence-electron chi connectivity index (χ3n) is 8.71. The van der Waals surface area contributed by atoms with Crippen molar-refractivity contribution in [2.75, 3.05) is 26.7 Å². The van der Waals surface area contributed by atoms with Crippen LogP contribution in [0, 0.1) is 17.6 Å². The molecule has 1 aliphatic heterocycles. The molecule has 198 valence electrons. The SMILES string of the molecule is CC(=O)C1(c2ccccc2)CCN(C[C@@H]2C[C@@]2(C(=O)N(C)Cc2ccc(F)cc2)c2ccc(F)cc2)CC1. The minimum absolute atomic E-state index is 0.00203. The van der Waals surface area contributed by atoms with Gasteiger partial charge in [-0.3, -0.25) is 9.59 Å². The Morgan fingerprint density at radius 1 is 0.868 bits per heavy atom. The van der Waals surface area contributed by atoms with Crippen molar-refractivity contribution in [1.29, 1.82) is 0 Å². The van der Waals surface area contributed by atoms with Gasteiger partial charge in [-0.05, 0) is 86.1 Å². The summed E-state index contributed by atoms with van der Waals surface area (Å²) in [6, 6.07) is 22.5. The fraction of sp³-hybridized carbons (Fsp3) is 0.375. The number of likely N-dealkylation sites (N-methyl/N-ethyl adjacent to an activating group) is 1. The van der Waals surface area contributed by atoms with Gasteiger partial charge in [-0.2, -0.15) is 0 Å². The Morgan fingerprint density at radius 2 is 1.45 bits per heavy atom. The van der Waals surface area contributed by atoms with Gasteiger partial charge in [-0.1, -0.05) is 54.6 Å². The molecule has 2 atom stereocenters. The number of Topliss-reactive ketones (excluding diaryl/α,β-unsaturated/α-hetero) is 1. The molecule has 1 amide bonds. The van der Waals surface area contributed by atoms with Crippen molar-refractivity contribution in [3.8, 4) is 0 Å². The first-order valence-electron chi connectivity index (χ1n) is 13.3. The fourth-order valence-corrected chi connectivity index (χ4v) is 6.34. The molecule has 0 N–H and O–H groups in total. The van der Waals surface area contributed by atoms with Gasteiger partial charge in [0.25, 0.3) is 0 Å². The van der Waals surface area contributed by atoms with Gasteiger partial charge in [0, 0.05) is 20.1 Å². The molecular formula is C32H34F2N2O2. The Bertz CT molecular complexity index is 1290. The highest BCUT2D eigenvalue weighted by Gasteiger charge is 2.62. The normalized spacial score (nSPS) is 22.6. The number of carbonyl (C=O) groups excluding carboxylic acids is 2. The lowest BCUT2D eigenvalue weighted by Crippen LogP contribution is -2.47. The molecule has 2 fully saturated rings. The number of rotatable bonds is 8. The van der Waals surface area contributed by atoms with Crippen molar-refractivity contribution in [3.63, 3.8) is 0 Å². The number of benzene rings is 3. The van der Waals surface area contributed by atoms with E-state index >= 15 is 0 Å². The van der Waals surface area contributed by atoms with E-state index in [4.69, 9.17) is 0 Å². The van der Waals surface area contributed by atoms with Gasteiger partial charge in [-0.15, -0.1) is 0 Å². The highest BCUT2D eigenvalue weighted by atomic mass is 19.1. The van der Waals surface area contributed by atoms with Gasteiger partial charge in [-0.25, -0.2) is 8.78 Å². The maximum Gasteiger partial charge on any atom is 0.233 e. The molecule has 0 aromatic heterocycles. The van der Waals surface area contributed by atoms with Crippen molar-refractivity contribution in [2.45, 2.75) is 43.6 Å². The number of halogens is 2. The number of amides is 1. The number of piperidine rings is 1. The van der Waals surface area contributed by atoms with Crippen LogP contribution in [0.25, 0.3) is 0 Å². The van der Waals surface area contributed by atoms with Gasteiger partial charge in [0.05, 0.1) is 10.8 Å². The summed E-state index contributed by atoms with van der Waals surface area (Å²) in [5, 5.41) is 0. The number of likely N-dealkylation sites (tertiary alicyclic amines) is 1. The van der Waals surface area contributed by atoms with Crippen LogP contribution in [-0.4, -0.2) is 48.2 Å². The number of ketones is 1. The summed E-state index contributed by atoms with van der Waals surface area (Å²) in [7, 11) is 1.77. The first-order valence-corrected chi connectivity index (χ1v) is 13.3. The van der Waals surface area contributed by atoms with Crippen LogP contribution >= 0.6 is 0 Å². The van der Waals surface area contributed by atoms with Crippen LogP contribution in [0.3, 0.4) is 0 Å². The Hall–Kier alpha value is -3.38. The number of carbonyl (C=O) groups is 2. The average molecular weight is 517 g/mol. The third-order valence-corrected chi connectivity index (χ3v) is 8.71. The van der Waals surface area contributed by atoms with E-state index in [1.807, 2.05) is 30.3 Å². The maximum absolute atomic E-state index is 13.9. The zero-order valence-electron chi connectivity index (χ0n) is 22.0. The van der Waals surface area contributed by atoms with Gasteiger partial charge in [0.2, 0.25) is 5.91 Å². The predicted octanol–water partition coefficient (Wildman–Crippen LogP) is 5.50. The second-order valence-electron chi connectivity index (χ2n) is 11.0. The molecule has 6 heteroatoms. The van der Waals surface area contributed by atoms with Crippen LogP contribution in [0.15, 0.2) is 78.9 Å². The van der Waals surface area contributed by atoms with Crippen molar-refractivity contribution >= 4 is 11.7 Å². The highest BCUT2D eigenvalue weighted by molar-refractivity contribution is 5.92. The Balaban J connectivity index is 1.32. The van der Waals surface area contributed by atoms with Crippen molar-refractivity contribution in [1.82, 2.24) is 9.80 Å². The van der Waals surface area contributed by atoms with E-state index in [0.717, 1.165) is 49.2 Å². The molecule has 1 saturated carbocycles. The van der Waals surface area contributed by atoms with Gasteiger partial charge >= 0.3 is 0 Å². The van der Waals surface area contributed by atoms with E-state index in [0.29, 0.717) is 13.0 Å². The number of hydrogen-bond acceptors (Lipinski definition) is 3. The van der Waals surface area contributed by atoms with E-state index in [1.165, 1.54) is 24.3 Å². The molecule has 1 aliphatic carbocycles. The highest BCUT2D eigenvalue weighted by Crippen LogP contribution is 2.56. The smallest absolute Gasteiger partial charge is 0.233 e. The summed E-state index contributed by atoms with van der Waals surface area (Å²) < 4.78 is 27.1. The summed E-state index contributed by atoms with van der Waals surface area (Å²) in [5.41, 5.74) is 1.60. The van der Waals surface area contributed by atoms with Crippen molar-refractivity contribution in [2.24, 2.45) is 5.92 Å². The third kappa shape index (κ3) is 4.90. The van der Waals surface area contributed by atoms with E-state index in [2.05, 4.69) is 4.90 Å². The van der Waals surface area contributed by atoms with E-state index in [9.17, 15) is 18.4 Å². The second kappa shape index (κ2) is 10.4. The molecule has 0 radical (unpaired) electrons. The standard InChI is InChI=1S/C32H34F2N2O2/c1-23(37)31(25-6-4-3-5-7-25)16-18-36(19-17-31)22-27-20-32(27,26-10-14-29(34)15-11-26)30(38)35(2)21-24-8-12-28(33)13-9-24/h3-15,27H,16-22H2,1-2H3/t27-,32+/m0/s1. The van der Waals surface area contributed by atoms with E-state index in [1.54, 1.807) is 43.1 Å². The zero-order valence-corrected chi connectivity index (χ0v) is 22.0. The Kier molecular flexibility index (Phi) is 7.19. The first-order chi connectivity index (χ1) is 18.2. The molecule has 0 bridgehead atoms. The average Bonchev–Trinajstić information content (AvgIpc) is 3.65. The van der Waals surface area contributed by atoms with Crippen molar-refractivity contribution < 1.29 is 18.4 Å². The maximum atomic E-state index is 13.9. The lowest BCUT2D eigenvalue weighted by molar-refractivity contribution is -0.133. The number of nitrogens with zero attached hydrogens (tertiary/aromatic N) is 2. The summed E-state index contributed by atoms with van der Waals surface area (Å²) in [6.07, 6.45) is 2.19. The zero-order chi connectivity index (χ0) is 26.9. The van der Waals surface area contributed by atoms with Crippen LogP contribution < -0.4 is 0 Å². The summed E-state index contributed by atoms with van der Waals surface area (Å²) in [6.45, 7) is 4.37. The second-order valence-corrected chi connectivity index (χ2v) is 11.0. The molecule has 1 saturated heterocycles. The van der Waals surface area contributed by atoms with Crippen LogP contribution in [0.2, 0.25) is 0 Å². The summed E-state index contributed by atoms with van der Waals surface area (Å²) in [4.78, 5) is 30.8. The molecular weight excluding hydrogens is 482 g/mol. The first kappa shape index (κ1) is 26.2. The minimum atomic E-state index is -0.711. The van der Waals surface area contributed by atoms with Crippen LogP contribution in [-0.2, 0) is 27.0 Å².